The number of piperidine rings is 1. The van der Waals surface area contributed by atoms with E-state index < -0.39 is 0 Å². The van der Waals surface area contributed by atoms with Crippen LogP contribution in [0.1, 0.15) is 37.0 Å². The summed E-state index contributed by atoms with van der Waals surface area (Å²) in [6.07, 6.45) is 5.61. The second-order valence-electron chi connectivity index (χ2n) is 6.32. The Morgan fingerprint density at radius 2 is 2.23 bits per heavy atom. The fourth-order valence-electron chi connectivity index (χ4n) is 2.86. The molecule has 3 heterocycles. The van der Waals surface area contributed by atoms with E-state index in [0.29, 0.717) is 11.5 Å². The van der Waals surface area contributed by atoms with Crippen molar-refractivity contribution < 1.29 is 9.53 Å². The minimum atomic E-state index is 0.0848. The fraction of sp³-hybridized carbons (Fsp3) is 0.529. The Kier molecular flexibility index (Phi) is 4.43. The standard InChI is InChI=1S/C17H23N3O2/c1-12(2)11-22-13-5-8-20(9-6-13)17(21)15-10-19-16-14(15)4-3-7-18-16/h3-4,7,10,12-13H,5-6,8-9,11H2,1-2H3,(H,18,19). The molecule has 0 aliphatic carbocycles. The van der Waals surface area contributed by atoms with E-state index in [-0.39, 0.29) is 12.0 Å². The van der Waals surface area contributed by atoms with Crippen molar-refractivity contribution in [3.8, 4) is 0 Å². The lowest BCUT2D eigenvalue weighted by Gasteiger charge is -2.32. The second-order valence-corrected chi connectivity index (χ2v) is 6.32. The molecule has 1 saturated heterocycles. The third-order valence-electron chi connectivity index (χ3n) is 4.08. The highest BCUT2D eigenvalue weighted by Gasteiger charge is 2.25. The van der Waals surface area contributed by atoms with Gasteiger partial charge in [0.2, 0.25) is 0 Å². The maximum Gasteiger partial charge on any atom is 0.256 e. The molecular weight excluding hydrogens is 278 g/mol. The number of aromatic nitrogens is 2. The van der Waals surface area contributed by atoms with Gasteiger partial charge in [0.1, 0.15) is 5.65 Å². The molecule has 0 bridgehead atoms. The predicted octanol–water partition coefficient (Wildman–Crippen LogP) is 2.84. The van der Waals surface area contributed by atoms with E-state index in [1.54, 1.807) is 12.4 Å². The number of fused-ring (bicyclic) bond motifs is 1. The summed E-state index contributed by atoms with van der Waals surface area (Å²) in [6, 6.07) is 3.80. The Bertz CT molecular complexity index is 642. The van der Waals surface area contributed by atoms with Crippen LogP contribution in [0.25, 0.3) is 11.0 Å². The van der Waals surface area contributed by atoms with E-state index in [1.807, 2.05) is 17.0 Å². The summed E-state index contributed by atoms with van der Waals surface area (Å²) in [5.74, 6) is 0.639. The number of pyridine rings is 1. The molecule has 22 heavy (non-hydrogen) atoms. The Morgan fingerprint density at radius 3 is 2.95 bits per heavy atom. The van der Waals surface area contributed by atoms with Crippen molar-refractivity contribution in [1.29, 1.82) is 0 Å². The van der Waals surface area contributed by atoms with E-state index >= 15 is 0 Å². The van der Waals surface area contributed by atoms with Gasteiger partial charge in [0.05, 0.1) is 11.7 Å². The number of hydrogen-bond donors (Lipinski definition) is 1. The molecule has 1 N–H and O–H groups in total. The highest BCUT2D eigenvalue weighted by Crippen LogP contribution is 2.21. The highest BCUT2D eigenvalue weighted by molar-refractivity contribution is 6.05. The third kappa shape index (κ3) is 3.14. The van der Waals surface area contributed by atoms with Crippen molar-refractivity contribution in [2.75, 3.05) is 19.7 Å². The van der Waals surface area contributed by atoms with Gasteiger partial charge in [-0.05, 0) is 30.9 Å². The first-order valence-electron chi connectivity index (χ1n) is 7.98. The topological polar surface area (TPSA) is 58.2 Å². The average molecular weight is 301 g/mol. The smallest absolute Gasteiger partial charge is 0.256 e. The number of ether oxygens (including phenoxy) is 1. The molecule has 2 aromatic heterocycles. The van der Waals surface area contributed by atoms with Gasteiger partial charge >= 0.3 is 0 Å². The van der Waals surface area contributed by atoms with Gasteiger partial charge in [-0.15, -0.1) is 0 Å². The van der Waals surface area contributed by atoms with Gasteiger partial charge in [0.15, 0.2) is 0 Å². The van der Waals surface area contributed by atoms with Crippen LogP contribution in [0, 0.1) is 5.92 Å². The first kappa shape index (κ1) is 15.0. The molecular formula is C17H23N3O2. The number of nitrogens with zero attached hydrogens (tertiary/aromatic N) is 2. The summed E-state index contributed by atoms with van der Waals surface area (Å²) >= 11 is 0. The minimum Gasteiger partial charge on any atom is -0.378 e. The monoisotopic (exact) mass is 301 g/mol. The van der Waals surface area contributed by atoms with Crippen LogP contribution < -0.4 is 0 Å². The number of nitrogens with one attached hydrogen (secondary N) is 1. The van der Waals surface area contributed by atoms with Crippen LogP contribution in [0.15, 0.2) is 24.5 Å². The quantitative estimate of drug-likeness (QED) is 0.944. The van der Waals surface area contributed by atoms with Crippen LogP contribution >= 0.6 is 0 Å². The average Bonchev–Trinajstić information content (AvgIpc) is 2.97. The van der Waals surface area contributed by atoms with Crippen molar-refractivity contribution in [2.45, 2.75) is 32.8 Å². The lowest BCUT2D eigenvalue weighted by atomic mass is 10.1. The van der Waals surface area contributed by atoms with Crippen molar-refractivity contribution in [1.82, 2.24) is 14.9 Å². The molecule has 2 aromatic rings. The molecule has 0 saturated carbocycles. The molecule has 5 nitrogen and oxygen atoms in total. The van der Waals surface area contributed by atoms with Gasteiger partial charge in [0, 0.05) is 37.5 Å². The zero-order valence-corrected chi connectivity index (χ0v) is 13.2. The zero-order valence-electron chi connectivity index (χ0n) is 13.2. The number of aromatic amines is 1. The van der Waals surface area contributed by atoms with Crippen LogP contribution in [-0.4, -0.2) is 46.6 Å². The minimum absolute atomic E-state index is 0.0848. The number of rotatable bonds is 4. The lowest BCUT2D eigenvalue weighted by molar-refractivity contribution is -0.00226. The Hall–Kier alpha value is -1.88. The van der Waals surface area contributed by atoms with E-state index in [9.17, 15) is 4.79 Å². The van der Waals surface area contributed by atoms with Gasteiger partial charge in [-0.1, -0.05) is 13.8 Å². The number of H-pyrrole nitrogens is 1. The first-order valence-corrected chi connectivity index (χ1v) is 7.98. The normalized spacial score (nSPS) is 16.6. The molecule has 0 atom stereocenters. The summed E-state index contributed by atoms with van der Waals surface area (Å²) in [7, 11) is 0. The molecule has 1 aliphatic heterocycles. The van der Waals surface area contributed by atoms with Gasteiger partial charge in [-0.2, -0.15) is 0 Å². The molecule has 1 fully saturated rings. The van der Waals surface area contributed by atoms with E-state index in [0.717, 1.165) is 43.6 Å². The Morgan fingerprint density at radius 1 is 1.45 bits per heavy atom. The zero-order chi connectivity index (χ0) is 15.5. The molecule has 0 unspecified atom stereocenters. The number of hydrogen-bond acceptors (Lipinski definition) is 3. The molecule has 5 heteroatoms. The maximum atomic E-state index is 12.7. The second kappa shape index (κ2) is 6.48. The number of carbonyl (C=O) groups excluding carboxylic acids is 1. The van der Waals surface area contributed by atoms with Gasteiger partial charge in [-0.25, -0.2) is 4.98 Å². The van der Waals surface area contributed by atoms with Crippen molar-refractivity contribution in [2.24, 2.45) is 5.92 Å². The molecule has 1 amide bonds. The van der Waals surface area contributed by atoms with E-state index in [2.05, 4.69) is 23.8 Å². The molecule has 1 aliphatic rings. The predicted molar refractivity (Wildman–Crippen MR) is 85.8 cm³/mol. The van der Waals surface area contributed by atoms with Crippen molar-refractivity contribution in [3.63, 3.8) is 0 Å². The lowest BCUT2D eigenvalue weighted by Crippen LogP contribution is -2.41. The first-order chi connectivity index (χ1) is 10.6. The fourth-order valence-corrected chi connectivity index (χ4v) is 2.86. The van der Waals surface area contributed by atoms with Crippen molar-refractivity contribution >= 4 is 16.9 Å². The molecule has 118 valence electrons. The summed E-state index contributed by atoms with van der Waals surface area (Å²) in [4.78, 5) is 21.9. The highest BCUT2D eigenvalue weighted by atomic mass is 16.5. The van der Waals surface area contributed by atoms with Crippen LogP contribution in [0.4, 0.5) is 0 Å². The molecule has 3 rings (SSSR count). The largest absolute Gasteiger partial charge is 0.378 e. The SMILES string of the molecule is CC(C)COC1CCN(C(=O)c2c[nH]c3ncccc23)CC1. The molecule has 0 spiro atoms. The number of carbonyl (C=O) groups is 1. The van der Waals surface area contributed by atoms with Crippen molar-refractivity contribution in [3.05, 3.63) is 30.1 Å². The number of likely N-dealkylation sites (tertiary alicyclic amines) is 1. The van der Waals surface area contributed by atoms with Gasteiger partial charge in [0.25, 0.3) is 5.91 Å². The maximum absolute atomic E-state index is 12.7. The summed E-state index contributed by atoms with van der Waals surface area (Å²) in [5.41, 5.74) is 1.48. The van der Waals surface area contributed by atoms with Crippen LogP contribution in [0.5, 0.6) is 0 Å². The summed E-state index contributed by atoms with van der Waals surface area (Å²) in [6.45, 7) is 6.63. The molecule has 0 aromatic carbocycles. The molecule has 0 radical (unpaired) electrons. The third-order valence-corrected chi connectivity index (χ3v) is 4.08. The number of amides is 1. The van der Waals surface area contributed by atoms with Crippen LogP contribution in [0.2, 0.25) is 0 Å². The van der Waals surface area contributed by atoms with E-state index in [1.165, 1.54) is 0 Å². The van der Waals surface area contributed by atoms with E-state index in [4.69, 9.17) is 4.74 Å². The van der Waals surface area contributed by atoms with Gasteiger partial charge < -0.3 is 14.6 Å². The van der Waals surface area contributed by atoms with Crippen LogP contribution in [0.3, 0.4) is 0 Å². The van der Waals surface area contributed by atoms with Gasteiger partial charge in [-0.3, -0.25) is 4.79 Å². The summed E-state index contributed by atoms with van der Waals surface area (Å²) < 4.78 is 5.88. The Balaban J connectivity index is 1.62. The Labute approximate surface area is 130 Å². The summed E-state index contributed by atoms with van der Waals surface area (Å²) in [5, 5.41) is 0.894. The van der Waals surface area contributed by atoms with Crippen LogP contribution in [-0.2, 0) is 4.74 Å².